The van der Waals surface area contributed by atoms with E-state index in [-0.39, 0.29) is 6.10 Å². The van der Waals surface area contributed by atoms with E-state index in [0.29, 0.717) is 10.8 Å². The molecule has 4 heteroatoms. The van der Waals surface area contributed by atoms with Gasteiger partial charge in [-0.05, 0) is 36.6 Å². The number of aliphatic hydroxyl groups is 1. The van der Waals surface area contributed by atoms with Gasteiger partial charge in [0.1, 0.15) is 18.0 Å². The first-order valence-corrected chi connectivity index (χ1v) is 6.56. The summed E-state index contributed by atoms with van der Waals surface area (Å²) in [6, 6.07) is 11.0. The summed E-state index contributed by atoms with van der Waals surface area (Å²) in [4.78, 5) is 0.902. The fourth-order valence-corrected chi connectivity index (χ4v) is 2.49. The number of rotatable bonds is 4. The zero-order chi connectivity index (χ0) is 12.3. The van der Waals surface area contributed by atoms with Gasteiger partial charge in [0.25, 0.3) is 0 Å². The molecular weight excluding hydrogens is 256 g/mol. The van der Waals surface area contributed by atoms with Crippen LogP contribution in [0, 0.1) is 0 Å². The molecule has 2 nitrogen and oxygen atoms in total. The molecule has 0 saturated heterocycles. The minimum absolute atomic E-state index is 0.313. The van der Waals surface area contributed by atoms with Gasteiger partial charge in [0.15, 0.2) is 0 Å². The lowest BCUT2D eigenvalue weighted by Gasteiger charge is -2.19. The summed E-state index contributed by atoms with van der Waals surface area (Å²) in [6.07, 6.45) is -0.930. The van der Waals surface area contributed by atoms with Gasteiger partial charge in [0.05, 0.1) is 0 Å². The summed E-state index contributed by atoms with van der Waals surface area (Å²) < 4.78 is 5.65. The van der Waals surface area contributed by atoms with Gasteiger partial charge < -0.3 is 9.84 Å². The molecule has 0 amide bonds. The Balaban J connectivity index is 2.04. The second-order valence-corrected chi connectivity index (χ2v) is 5.16. The average Bonchev–Trinajstić information content (AvgIpc) is 2.81. The van der Waals surface area contributed by atoms with Crippen LogP contribution in [-0.2, 0) is 0 Å². The van der Waals surface area contributed by atoms with E-state index in [9.17, 15) is 5.11 Å². The van der Waals surface area contributed by atoms with E-state index in [4.69, 9.17) is 16.3 Å². The Bertz CT molecular complexity index is 470. The summed E-state index contributed by atoms with van der Waals surface area (Å²) in [7, 11) is 0. The monoisotopic (exact) mass is 268 g/mol. The zero-order valence-corrected chi connectivity index (χ0v) is 10.9. The number of halogens is 1. The van der Waals surface area contributed by atoms with Crippen molar-refractivity contribution >= 4 is 22.9 Å². The van der Waals surface area contributed by atoms with E-state index in [2.05, 4.69) is 0 Å². The van der Waals surface area contributed by atoms with Crippen molar-refractivity contribution in [1.82, 2.24) is 0 Å². The Labute approximate surface area is 109 Å². The molecular formula is C13H13ClO2S. The summed E-state index contributed by atoms with van der Waals surface area (Å²) in [6.45, 7) is 1.84. The minimum atomic E-state index is -0.617. The predicted octanol–water partition coefficient (Wildman–Crippen LogP) is 3.90. The zero-order valence-electron chi connectivity index (χ0n) is 9.34. The Morgan fingerprint density at radius 2 is 2.12 bits per heavy atom. The molecule has 1 aromatic carbocycles. The smallest absolute Gasteiger partial charge is 0.127 e. The van der Waals surface area contributed by atoms with Crippen LogP contribution in [0.5, 0.6) is 5.75 Å². The van der Waals surface area contributed by atoms with Crippen LogP contribution >= 0.6 is 22.9 Å². The summed E-state index contributed by atoms with van der Waals surface area (Å²) in [5.41, 5.74) is 0. The van der Waals surface area contributed by atoms with Crippen LogP contribution < -0.4 is 4.74 Å². The maximum Gasteiger partial charge on any atom is 0.127 e. The minimum Gasteiger partial charge on any atom is -0.488 e. The topological polar surface area (TPSA) is 29.5 Å². The van der Waals surface area contributed by atoms with Crippen LogP contribution in [0.25, 0.3) is 0 Å². The molecule has 2 rings (SSSR count). The van der Waals surface area contributed by atoms with Crippen molar-refractivity contribution in [2.24, 2.45) is 0 Å². The number of hydrogen-bond donors (Lipinski definition) is 1. The van der Waals surface area contributed by atoms with Gasteiger partial charge in [0, 0.05) is 9.90 Å². The van der Waals surface area contributed by atoms with Gasteiger partial charge >= 0.3 is 0 Å². The van der Waals surface area contributed by atoms with Crippen molar-refractivity contribution < 1.29 is 9.84 Å². The van der Waals surface area contributed by atoms with Gasteiger partial charge in [-0.1, -0.05) is 23.7 Å². The third-order valence-electron chi connectivity index (χ3n) is 2.40. The fourth-order valence-electron chi connectivity index (χ4n) is 1.51. The molecule has 0 saturated carbocycles. The van der Waals surface area contributed by atoms with Crippen LogP contribution in [0.2, 0.25) is 5.02 Å². The summed E-state index contributed by atoms with van der Waals surface area (Å²) in [5, 5.41) is 12.6. The molecule has 2 aromatic rings. The van der Waals surface area contributed by atoms with Crippen molar-refractivity contribution in [2.75, 3.05) is 0 Å². The van der Waals surface area contributed by atoms with E-state index >= 15 is 0 Å². The van der Waals surface area contributed by atoms with E-state index in [1.165, 1.54) is 11.3 Å². The van der Waals surface area contributed by atoms with Crippen molar-refractivity contribution in [3.05, 3.63) is 51.7 Å². The highest BCUT2D eigenvalue weighted by Gasteiger charge is 2.18. The maximum atomic E-state index is 10.1. The lowest BCUT2D eigenvalue weighted by molar-refractivity contribution is 0.0492. The van der Waals surface area contributed by atoms with E-state index in [1.807, 2.05) is 36.6 Å². The van der Waals surface area contributed by atoms with Crippen molar-refractivity contribution in [2.45, 2.75) is 19.1 Å². The molecule has 0 aliphatic heterocycles. The van der Waals surface area contributed by atoms with Gasteiger partial charge in [0.2, 0.25) is 0 Å². The van der Waals surface area contributed by atoms with Crippen LogP contribution in [0.3, 0.4) is 0 Å². The fraction of sp³-hybridized carbons (Fsp3) is 0.231. The Hall–Kier alpha value is -1.03. The molecule has 1 heterocycles. The first-order chi connectivity index (χ1) is 8.16. The highest BCUT2D eigenvalue weighted by Crippen LogP contribution is 2.26. The van der Waals surface area contributed by atoms with Crippen LogP contribution in [0.15, 0.2) is 41.8 Å². The van der Waals surface area contributed by atoms with Crippen LogP contribution in [-0.4, -0.2) is 11.2 Å². The van der Waals surface area contributed by atoms with Crippen LogP contribution in [0.1, 0.15) is 17.9 Å². The van der Waals surface area contributed by atoms with Gasteiger partial charge in [-0.25, -0.2) is 0 Å². The molecule has 2 unspecified atom stereocenters. The third kappa shape index (κ3) is 3.22. The van der Waals surface area contributed by atoms with E-state index < -0.39 is 6.10 Å². The molecule has 90 valence electrons. The maximum absolute atomic E-state index is 10.1. The lowest BCUT2D eigenvalue weighted by Crippen LogP contribution is -2.20. The Morgan fingerprint density at radius 3 is 2.76 bits per heavy atom. The quantitative estimate of drug-likeness (QED) is 0.911. The molecule has 1 N–H and O–H groups in total. The van der Waals surface area contributed by atoms with Gasteiger partial charge in [-0.2, -0.15) is 0 Å². The summed E-state index contributed by atoms with van der Waals surface area (Å²) in [5.74, 6) is 0.667. The van der Waals surface area contributed by atoms with Crippen LogP contribution in [0.4, 0.5) is 0 Å². The molecule has 0 fully saturated rings. The standard InChI is InChI=1S/C13H13ClO2S/c1-9(13(15)12-6-3-7-17-12)16-11-5-2-4-10(14)8-11/h2-9,13,15H,1H3. The molecule has 1 aromatic heterocycles. The summed E-state index contributed by atoms with van der Waals surface area (Å²) >= 11 is 7.38. The lowest BCUT2D eigenvalue weighted by atomic mass is 10.2. The van der Waals surface area contributed by atoms with Gasteiger partial charge in [-0.15, -0.1) is 11.3 Å². The number of ether oxygens (including phenoxy) is 1. The van der Waals surface area contributed by atoms with Crippen molar-refractivity contribution in [1.29, 1.82) is 0 Å². The molecule has 0 aliphatic carbocycles. The molecule has 0 spiro atoms. The Morgan fingerprint density at radius 1 is 1.29 bits per heavy atom. The number of hydrogen-bond acceptors (Lipinski definition) is 3. The number of aliphatic hydroxyl groups excluding tert-OH is 1. The normalized spacial score (nSPS) is 14.3. The number of benzene rings is 1. The molecule has 0 aliphatic rings. The van der Waals surface area contributed by atoms with Crippen molar-refractivity contribution in [3.63, 3.8) is 0 Å². The third-order valence-corrected chi connectivity index (χ3v) is 3.58. The van der Waals surface area contributed by atoms with Crippen molar-refractivity contribution in [3.8, 4) is 5.75 Å². The average molecular weight is 269 g/mol. The number of thiophene rings is 1. The highest BCUT2D eigenvalue weighted by molar-refractivity contribution is 7.10. The largest absolute Gasteiger partial charge is 0.488 e. The predicted molar refractivity (Wildman–Crippen MR) is 70.8 cm³/mol. The molecule has 2 atom stereocenters. The first-order valence-electron chi connectivity index (χ1n) is 5.30. The van der Waals surface area contributed by atoms with E-state index in [0.717, 1.165) is 4.88 Å². The first kappa shape index (κ1) is 12.4. The Kier molecular flexibility index (Phi) is 4.05. The SMILES string of the molecule is CC(Oc1cccc(Cl)c1)C(O)c1cccs1. The second kappa shape index (κ2) is 5.54. The van der Waals surface area contributed by atoms with Gasteiger partial charge in [-0.3, -0.25) is 0 Å². The molecule has 0 radical (unpaired) electrons. The second-order valence-electron chi connectivity index (χ2n) is 3.74. The molecule has 0 bridgehead atoms. The highest BCUT2D eigenvalue weighted by atomic mass is 35.5. The van der Waals surface area contributed by atoms with E-state index in [1.54, 1.807) is 12.1 Å². The molecule has 17 heavy (non-hydrogen) atoms.